The van der Waals surface area contributed by atoms with Crippen molar-refractivity contribution in [3.05, 3.63) is 95.1 Å². The van der Waals surface area contributed by atoms with Crippen LogP contribution in [0.25, 0.3) is 0 Å². The number of carbonyl (C=O) groups is 3. The average molecular weight is 557 g/mol. The van der Waals surface area contributed by atoms with Gasteiger partial charge >= 0.3 is 6.09 Å². The molecule has 2 saturated heterocycles. The molecule has 0 spiro atoms. The van der Waals surface area contributed by atoms with Gasteiger partial charge in [0.05, 0.1) is 13.7 Å². The Morgan fingerprint density at radius 3 is 2.41 bits per heavy atom. The van der Waals surface area contributed by atoms with E-state index in [1.807, 2.05) is 31.2 Å². The number of ether oxygens (including phenoxy) is 2. The molecule has 3 aromatic rings. The molecule has 0 radical (unpaired) electrons. The topological polar surface area (TPSA) is 100 Å². The molecule has 214 valence electrons. The second-order valence-electron chi connectivity index (χ2n) is 10.5. The normalized spacial score (nSPS) is 18.7. The first-order valence-corrected chi connectivity index (χ1v) is 14.0. The molecule has 5 rings (SSSR count). The number of nitrogens with zero attached hydrogens (tertiary/aromatic N) is 2. The number of likely N-dealkylation sites (tertiary alicyclic amines) is 1. The zero-order valence-corrected chi connectivity index (χ0v) is 23.5. The van der Waals surface area contributed by atoms with Crippen LogP contribution in [0.3, 0.4) is 0 Å². The Labute approximate surface area is 240 Å². The second kappa shape index (κ2) is 12.9. The number of carbonyl (C=O) groups excluding carboxylic acids is 3. The first-order chi connectivity index (χ1) is 19.9. The third-order valence-electron chi connectivity index (χ3n) is 7.56. The van der Waals surface area contributed by atoms with Crippen molar-refractivity contribution in [2.45, 2.75) is 38.5 Å². The number of benzene rings is 3. The smallest absolute Gasteiger partial charge is 0.411 e. The van der Waals surface area contributed by atoms with Crippen LogP contribution in [0.15, 0.2) is 72.8 Å². The summed E-state index contributed by atoms with van der Waals surface area (Å²) >= 11 is 0. The largest absolute Gasteiger partial charge is 0.497 e. The van der Waals surface area contributed by atoms with E-state index in [1.54, 1.807) is 55.6 Å². The number of nitrogens with one attached hydrogen (secondary N) is 2. The lowest BCUT2D eigenvalue weighted by molar-refractivity contribution is -0.126. The summed E-state index contributed by atoms with van der Waals surface area (Å²) in [5.74, 6) is 0.167. The first-order valence-electron chi connectivity index (χ1n) is 14.0. The molecule has 41 heavy (non-hydrogen) atoms. The summed E-state index contributed by atoms with van der Waals surface area (Å²) < 4.78 is 11.0. The van der Waals surface area contributed by atoms with Crippen LogP contribution in [-0.4, -0.2) is 67.0 Å². The van der Waals surface area contributed by atoms with Crippen LogP contribution in [0.5, 0.6) is 5.75 Å². The molecule has 2 N–H and O–H groups in total. The molecule has 9 heteroatoms. The summed E-state index contributed by atoms with van der Waals surface area (Å²) in [5, 5.41) is 5.92. The number of amides is 3. The van der Waals surface area contributed by atoms with Crippen molar-refractivity contribution in [2.24, 2.45) is 0 Å². The molecule has 9 nitrogen and oxygen atoms in total. The van der Waals surface area contributed by atoms with Crippen molar-refractivity contribution in [1.29, 1.82) is 0 Å². The molecule has 2 aliphatic rings. The van der Waals surface area contributed by atoms with E-state index in [4.69, 9.17) is 9.47 Å². The summed E-state index contributed by atoms with van der Waals surface area (Å²) in [6.07, 6.45) is 1.04. The van der Waals surface area contributed by atoms with Crippen LogP contribution < -0.4 is 15.4 Å². The predicted octanol–water partition coefficient (Wildman–Crippen LogP) is 4.53. The van der Waals surface area contributed by atoms with E-state index in [0.29, 0.717) is 29.1 Å². The fourth-order valence-electron chi connectivity index (χ4n) is 5.37. The van der Waals surface area contributed by atoms with Crippen LogP contribution in [0.1, 0.15) is 46.0 Å². The Morgan fingerprint density at radius 1 is 1.00 bits per heavy atom. The number of cyclic esters (lactones) is 1. The minimum Gasteiger partial charge on any atom is -0.497 e. The maximum atomic E-state index is 13.6. The Kier molecular flexibility index (Phi) is 8.84. The highest BCUT2D eigenvalue weighted by Crippen LogP contribution is 2.34. The summed E-state index contributed by atoms with van der Waals surface area (Å²) in [4.78, 5) is 43.2. The van der Waals surface area contributed by atoms with Crippen molar-refractivity contribution in [1.82, 2.24) is 15.1 Å². The standard InChI is InChI=1S/C32H36N4O5/c1-22-6-5-7-23(20-22)21-36-28(31(38)33-16-19-35-17-3-4-18-35)29(41-32(36)39)24-8-12-26(13-9-24)34-30(37)25-10-14-27(40-2)15-11-25/h5-15,20,28-29H,3-4,16-19,21H2,1-2H3,(H,33,38)(H,34,37). The van der Waals surface area contributed by atoms with E-state index in [1.165, 1.54) is 17.7 Å². The number of hydrogen-bond donors (Lipinski definition) is 2. The maximum absolute atomic E-state index is 13.6. The molecule has 2 atom stereocenters. The van der Waals surface area contributed by atoms with Gasteiger partial charge in [0, 0.05) is 24.3 Å². The van der Waals surface area contributed by atoms with Crippen LogP contribution in [0, 0.1) is 6.92 Å². The highest BCUT2D eigenvalue weighted by Gasteiger charge is 2.47. The second-order valence-corrected chi connectivity index (χ2v) is 10.5. The highest BCUT2D eigenvalue weighted by atomic mass is 16.6. The molecule has 3 aromatic carbocycles. The quantitative estimate of drug-likeness (QED) is 0.381. The lowest BCUT2D eigenvalue weighted by Crippen LogP contribution is -2.47. The van der Waals surface area contributed by atoms with Gasteiger partial charge in [-0.1, -0.05) is 42.0 Å². The average Bonchev–Trinajstić information content (AvgIpc) is 3.61. The monoisotopic (exact) mass is 556 g/mol. The minimum absolute atomic E-state index is 0.246. The summed E-state index contributed by atoms with van der Waals surface area (Å²) in [5.41, 5.74) is 3.76. The molecule has 3 amide bonds. The van der Waals surface area contributed by atoms with Crippen molar-refractivity contribution in [2.75, 3.05) is 38.6 Å². The van der Waals surface area contributed by atoms with Crippen molar-refractivity contribution in [3.8, 4) is 5.75 Å². The van der Waals surface area contributed by atoms with Gasteiger partial charge < -0.3 is 25.0 Å². The van der Waals surface area contributed by atoms with E-state index in [0.717, 1.165) is 30.8 Å². The van der Waals surface area contributed by atoms with Crippen LogP contribution in [-0.2, 0) is 16.1 Å². The number of aryl methyl sites for hydroxylation is 1. The highest BCUT2D eigenvalue weighted by molar-refractivity contribution is 6.04. The van der Waals surface area contributed by atoms with Crippen LogP contribution in [0.2, 0.25) is 0 Å². The fraction of sp³-hybridized carbons (Fsp3) is 0.344. The number of anilines is 1. The molecule has 2 heterocycles. The summed E-state index contributed by atoms with van der Waals surface area (Å²) in [6, 6.07) is 20.9. The molecular weight excluding hydrogens is 520 g/mol. The zero-order valence-electron chi connectivity index (χ0n) is 23.5. The minimum atomic E-state index is -0.832. The zero-order chi connectivity index (χ0) is 28.8. The van der Waals surface area contributed by atoms with E-state index in [9.17, 15) is 14.4 Å². The van der Waals surface area contributed by atoms with Gasteiger partial charge in [-0.2, -0.15) is 0 Å². The molecule has 2 fully saturated rings. The van der Waals surface area contributed by atoms with Gasteiger partial charge in [-0.25, -0.2) is 4.79 Å². The maximum Gasteiger partial charge on any atom is 0.411 e. The van der Waals surface area contributed by atoms with E-state index in [2.05, 4.69) is 15.5 Å². The molecule has 2 unspecified atom stereocenters. The van der Waals surface area contributed by atoms with Crippen molar-refractivity contribution >= 4 is 23.6 Å². The third-order valence-corrected chi connectivity index (χ3v) is 7.56. The van der Waals surface area contributed by atoms with Gasteiger partial charge in [0.25, 0.3) is 5.91 Å². The molecule has 0 bridgehead atoms. The lowest BCUT2D eigenvalue weighted by atomic mass is 10.00. The molecule has 0 aliphatic carbocycles. The van der Waals surface area contributed by atoms with Crippen molar-refractivity contribution in [3.63, 3.8) is 0 Å². The fourth-order valence-corrected chi connectivity index (χ4v) is 5.37. The Bertz CT molecular complexity index is 1370. The number of hydrogen-bond acceptors (Lipinski definition) is 6. The molecule has 2 aliphatic heterocycles. The van der Waals surface area contributed by atoms with Gasteiger partial charge in [0.15, 0.2) is 12.1 Å². The summed E-state index contributed by atoms with van der Waals surface area (Å²) in [6.45, 7) is 5.63. The first kappa shape index (κ1) is 28.2. The SMILES string of the molecule is COc1ccc(C(=O)Nc2ccc(C3OC(=O)N(Cc4cccc(C)c4)C3C(=O)NCCN3CCCC3)cc2)cc1. The van der Waals surface area contributed by atoms with E-state index < -0.39 is 18.2 Å². The number of methoxy groups -OCH3 is 1. The van der Waals surface area contributed by atoms with Gasteiger partial charge in [-0.05, 0) is 80.4 Å². The number of rotatable bonds is 10. The third kappa shape index (κ3) is 6.86. The van der Waals surface area contributed by atoms with Gasteiger partial charge in [-0.3, -0.25) is 14.5 Å². The summed E-state index contributed by atoms with van der Waals surface area (Å²) in [7, 11) is 1.57. The van der Waals surface area contributed by atoms with E-state index >= 15 is 0 Å². The lowest BCUT2D eigenvalue weighted by Gasteiger charge is -2.25. The van der Waals surface area contributed by atoms with Crippen molar-refractivity contribution < 1.29 is 23.9 Å². The Balaban J connectivity index is 1.31. The van der Waals surface area contributed by atoms with Crippen LogP contribution >= 0.6 is 0 Å². The van der Waals surface area contributed by atoms with Gasteiger partial charge in [0.2, 0.25) is 5.91 Å². The Morgan fingerprint density at radius 2 is 1.73 bits per heavy atom. The van der Waals surface area contributed by atoms with E-state index in [-0.39, 0.29) is 18.4 Å². The Hall–Kier alpha value is -4.37. The molecular formula is C32H36N4O5. The molecule has 0 aromatic heterocycles. The van der Waals surface area contributed by atoms with Crippen LogP contribution in [0.4, 0.5) is 10.5 Å². The van der Waals surface area contributed by atoms with Gasteiger partial charge in [-0.15, -0.1) is 0 Å². The predicted molar refractivity (Wildman–Crippen MR) is 156 cm³/mol. The molecule has 0 saturated carbocycles. The van der Waals surface area contributed by atoms with Gasteiger partial charge in [0.1, 0.15) is 5.75 Å².